The molecule has 2 rings (SSSR count). The fourth-order valence-electron chi connectivity index (χ4n) is 1.78. The van der Waals surface area contributed by atoms with Crippen molar-refractivity contribution in [3.8, 4) is 0 Å². The zero-order chi connectivity index (χ0) is 11.7. The second-order valence-electron chi connectivity index (χ2n) is 3.90. The van der Waals surface area contributed by atoms with Crippen LogP contribution < -0.4 is 5.32 Å². The number of nitrogens with zero attached hydrogens (tertiary/aromatic N) is 3. The van der Waals surface area contributed by atoms with E-state index in [0.29, 0.717) is 23.7 Å². The van der Waals surface area contributed by atoms with Crippen LogP contribution in [0, 0.1) is 6.92 Å². The fraction of sp³-hybridized carbons (Fsp3) is 0.667. The number of aliphatic hydroxyl groups is 1. The van der Waals surface area contributed by atoms with Gasteiger partial charge in [0.15, 0.2) is 0 Å². The topological polar surface area (TPSA) is 78.4 Å². The summed E-state index contributed by atoms with van der Waals surface area (Å²) in [5, 5.41) is 16.5. The Balaban J connectivity index is 2.13. The molecule has 2 unspecified atom stereocenters. The number of rotatable bonds is 2. The second-order valence-corrected chi connectivity index (χ2v) is 4.65. The van der Waals surface area contributed by atoms with Crippen LogP contribution >= 0.6 is 11.5 Å². The third kappa shape index (κ3) is 1.93. The first-order valence-electron chi connectivity index (χ1n) is 5.06. The molecule has 2 N–H and O–H groups in total. The van der Waals surface area contributed by atoms with Crippen molar-refractivity contribution in [3.63, 3.8) is 0 Å². The van der Waals surface area contributed by atoms with Crippen molar-refractivity contribution in [2.75, 3.05) is 20.1 Å². The van der Waals surface area contributed by atoms with E-state index in [1.165, 1.54) is 0 Å². The van der Waals surface area contributed by atoms with Crippen molar-refractivity contribution in [1.29, 1.82) is 0 Å². The highest BCUT2D eigenvalue weighted by molar-refractivity contribution is 7.07. The van der Waals surface area contributed by atoms with Crippen LogP contribution in [0.2, 0.25) is 0 Å². The molecule has 1 aliphatic rings. The van der Waals surface area contributed by atoms with Gasteiger partial charge in [-0.3, -0.25) is 4.79 Å². The Morgan fingerprint density at radius 2 is 2.38 bits per heavy atom. The summed E-state index contributed by atoms with van der Waals surface area (Å²) in [5.41, 5.74) is 0.641. The largest absolute Gasteiger partial charge is 0.390 e. The van der Waals surface area contributed by atoms with E-state index < -0.39 is 6.10 Å². The Kier molecular flexibility index (Phi) is 3.17. The molecule has 0 aliphatic carbocycles. The van der Waals surface area contributed by atoms with Crippen molar-refractivity contribution in [1.82, 2.24) is 19.8 Å². The Hall–Kier alpha value is -1.05. The monoisotopic (exact) mass is 242 g/mol. The maximum Gasteiger partial charge on any atom is 0.267 e. The molecular formula is C9H14N4O2S. The van der Waals surface area contributed by atoms with E-state index in [9.17, 15) is 9.90 Å². The summed E-state index contributed by atoms with van der Waals surface area (Å²) in [6.07, 6.45) is -0.505. The lowest BCUT2D eigenvalue weighted by molar-refractivity contribution is 0.0585. The molecule has 6 nitrogen and oxygen atoms in total. The van der Waals surface area contributed by atoms with Gasteiger partial charge in [-0.05, 0) is 18.5 Å². The molecular weight excluding hydrogens is 228 g/mol. The van der Waals surface area contributed by atoms with Gasteiger partial charge in [-0.2, -0.15) is 0 Å². The van der Waals surface area contributed by atoms with Gasteiger partial charge in [0.25, 0.3) is 5.91 Å². The van der Waals surface area contributed by atoms with E-state index in [1.54, 1.807) is 18.9 Å². The van der Waals surface area contributed by atoms with Gasteiger partial charge in [-0.15, -0.1) is 5.10 Å². The molecule has 1 aromatic heterocycles. The summed E-state index contributed by atoms with van der Waals surface area (Å²) in [6.45, 7) is 2.91. The number of aliphatic hydroxyl groups excluding tert-OH is 1. The molecule has 1 aromatic rings. The molecule has 1 saturated heterocycles. The van der Waals surface area contributed by atoms with Gasteiger partial charge in [0.1, 0.15) is 4.88 Å². The number of nitrogens with one attached hydrogen (secondary N) is 1. The number of carbonyl (C=O) groups is 1. The van der Waals surface area contributed by atoms with Crippen molar-refractivity contribution in [2.45, 2.75) is 19.1 Å². The van der Waals surface area contributed by atoms with Gasteiger partial charge in [-0.1, -0.05) is 4.49 Å². The minimum atomic E-state index is -0.505. The molecule has 2 heterocycles. The average molecular weight is 242 g/mol. The summed E-state index contributed by atoms with van der Waals surface area (Å²) in [4.78, 5) is 14.2. The maximum absolute atomic E-state index is 12.1. The molecule has 0 spiro atoms. The molecule has 0 aromatic carbocycles. The Labute approximate surface area is 97.4 Å². The number of hydrogen-bond acceptors (Lipinski definition) is 6. The third-order valence-electron chi connectivity index (χ3n) is 2.81. The smallest absolute Gasteiger partial charge is 0.267 e. The lowest BCUT2D eigenvalue weighted by atomic mass is 10.2. The molecule has 7 heteroatoms. The van der Waals surface area contributed by atoms with Crippen LogP contribution in [0.25, 0.3) is 0 Å². The summed E-state index contributed by atoms with van der Waals surface area (Å²) in [6, 6.07) is -0.172. The molecule has 1 fully saturated rings. The molecule has 1 aliphatic heterocycles. The van der Waals surface area contributed by atoms with Gasteiger partial charge in [0.2, 0.25) is 0 Å². The number of carbonyl (C=O) groups excluding carboxylic acids is 1. The summed E-state index contributed by atoms with van der Waals surface area (Å²) >= 11 is 1.09. The van der Waals surface area contributed by atoms with Gasteiger partial charge in [-0.25, -0.2) is 0 Å². The van der Waals surface area contributed by atoms with E-state index in [1.807, 2.05) is 0 Å². The maximum atomic E-state index is 12.1. The minimum absolute atomic E-state index is 0.125. The molecule has 88 valence electrons. The minimum Gasteiger partial charge on any atom is -0.390 e. The first-order valence-corrected chi connectivity index (χ1v) is 5.83. The molecule has 0 radical (unpaired) electrons. The van der Waals surface area contributed by atoms with Gasteiger partial charge in [0.05, 0.1) is 17.8 Å². The molecule has 0 bridgehead atoms. The van der Waals surface area contributed by atoms with E-state index in [2.05, 4.69) is 14.9 Å². The second kappa shape index (κ2) is 4.44. The van der Waals surface area contributed by atoms with Crippen molar-refractivity contribution in [3.05, 3.63) is 10.6 Å². The number of hydrogen-bond donors (Lipinski definition) is 2. The first-order chi connectivity index (χ1) is 7.61. The summed E-state index contributed by atoms with van der Waals surface area (Å²) in [7, 11) is 1.70. The number of likely N-dealkylation sites (N-methyl/N-ethyl adjacent to an activating group) is 1. The van der Waals surface area contributed by atoms with Gasteiger partial charge >= 0.3 is 0 Å². The van der Waals surface area contributed by atoms with Crippen LogP contribution in [-0.2, 0) is 0 Å². The molecule has 0 saturated carbocycles. The lowest BCUT2D eigenvalue weighted by Gasteiger charge is -2.25. The van der Waals surface area contributed by atoms with Crippen molar-refractivity contribution >= 4 is 17.4 Å². The lowest BCUT2D eigenvalue weighted by Crippen LogP contribution is -2.44. The van der Waals surface area contributed by atoms with Gasteiger partial charge < -0.3 is 15.3 Å². The predicted octanol–water partition coefficient (Wildman–Crippen LogP) is -0.749. The van der Waals surface area contributed by atoms with Crippen LogP contribution in [0.1, 0.15) is 15.4 Å². The molecule has 16 heavy (non-hydrogen) atoms. The first kappa shape index (κ1) is 11.4. The highest BCUT2D eigenvalue weighted by atomic mass is 32.1. The highest BCUT2D eigenvalue weighted by Gasteiger charge is 2.32. The standard InChI is InChI=1S/C9H14N4O2S/c1-5-8(16-12-11-5)9(15)13(2)6-3-10-4-7(6)14/h6-7,10,14H,3-4H2,1-2H3. The quantitative estimate of drug-likeness (QED) is 0.713. The van der Waals surface area contributed by atoms with E-state index >= 15 is 0 Å². The van der Waals surface area contributed by atoms with E-state index in [4.69, 9.17) is 0 Å². The average Bonchev–Trinajstić information content (AvgIpc) is 2.85. The van der Waals surface area contributed by atoms with Crippen LogP contribution in [0.15, 0.2) is 0 Å². The SMILES string of the molecule is Cc1nnsc1C(=O)N(C)C1CNCC1O. The van der Waals surface area contributed by atoms with E-state index in [0.717, 1.165) is 11.5 Å². The van der Waals surface area contributed by atoms with Crippen LogP contribution in [0.3, 0.4) is 0 Å². The number of β-amino-alcohol motifs (C(OH)–C–C–N with tert-alkyl or cyclic N) is 1. The summed E-state index contributed by atoms with van der Waals surface area (Å²) < 4.78 is 3.74. The van der Waals surface area contributed by atoms with Crippen LogP contribution in [0.5, 0.6) is 0 Å². The number of amides is 1. The Morgan fingerprint density at radius 1 is 1.62 bits per heavy atom. The summed E-state index contributed by atoms with van der Waals surface area (Å²) in [5.74, 6) is -0.125. The zero-order valence-corrected chi connectivity index (χ0v) is 9.99. The molecule has 1 amide bonds. The van der Waals surface area contributed by atoms with Crippen LogP contribution in [-0.4, -0.2) is 57.8 Å². The van der Waals surface area contributed by atoms with Crippen molar-refractivity contribution < 1.29 is 9.90 Å². The Morgan fingerprint density at radius 3 is 2.88 bits per heavy atom. The fourth-order valence-corrected chi connectivity index (χ4v) is 2.42. The number of aryl methyl sites for hydroxylation is 1. The van der Waals surface area contributed by atoms with Crippen molar-refractivity contribution in [2.24, 2.45) is 0 Å². The Bertz CT molecular complexity index is 395. The van der Waals surface area contributed by atoms with Gasteiger partial charge in [0, 0.05) is 20.1 Å². The highest BCUT2D eigenvalue weighted by Crippen LogP contribution is 2.16. The van der Waals surface area contributed by atoms with E-state index in [-0.39, 0.29) is 11.9 Å². The van der Waals surface area contributed by atoms with Crippen LogP contribution in [0.4, 0.5) is 0 Å². The third-order valence-corrected chi connectivity index (χ3v) is 3.63. The predicted molar refractivity (Wildman–Crippen MR) is 59.4 cm³/mol. The zero-order valence-electron chi connectivity index (χ0n) is 9.17. The molecule has 2 atom stereocenters. The number of aromatic nitrogens is 2. The normalized spacial score (nSPS) is 24.7.